The Morgan fingerprint density at radius 1 is 1.77 bits per heavy atom. The van der Waals surface area contributed by atoms with Gasteiger partial charge >= 0.3 is 0 Å². The summed E-state index contributed by atoms with van der Waals surface area (Å²) in [5, 5.41) is 10.5. The monoisotopic (exact) mass is 199 g/mol. The quantitative estimate of drug-likeness (QED) is 0.717. The van der Waals surface area contributed by atoms with Crippen LogP contribution < -0.4 is 10.6 Å². The first-order chi connectivity index (χ1) is 6.24. The second-order valence-corrected chi connectivity index (χ2v) is 3.06. The van der Waals surface area contributed by atoms with Crippen LogP contribution in [0, 0.1) is 0 Å². The van der Waals surface area contributed by atoms with Crippen LogP contribution in [0.4, 0.5) is 0 Å². The minimum atomic E-state index is 0.0744. The Hall–Kier alpha value is -1.10. The minimum Gasteiger partial charge on any atom is -0.364 e. The number of nitrogens with zero attached hydrogens (tertiary/aromatic N) is 1. The summed E-state index contributed by atoms with van der Waals surface area (Å²) < 4.78 is 4.72. The third-order valence-electron chi connectivity index (χ3n) is 1.59. The van der Waals surface area contributed by atoms with E-state index in [4.69, 9.17) is 16.7 Å². The fourth-order valence-electron chi connectivity index (χ4n) is 0.927. The van der Waals surface area contributed by atoms with E-state index in [9.17, 15) is 0 Å². The Kier molecular flexibility index (Phi) is 3.70. The average Bonchev–Trinajstić information content (AvgIpc) is 2.55. The van der Waals surface area contributed by atoms with Gasteiger partial charge in [-0.25, -0.2) is 0 Å². The van der Waals surface area contributed by atoms with E-state index in [1.165, 1.54) is 0 Å². The third-order valence-corrected chi connectivity index (χ3v) is 1.85. The fraction of sp³-hybridized carbons (Fsp3) is 0.500. The lowest BCUT2D eigenvalue weighted by Gasteiger charge is -2.13. The molecule has 1 aromatic rings. The molecule has 1 heterocycles. The topological polar surface area (TPSA) is 50.1 Å². The molecule has 0 aromatic carbocycles. The van der Waals surface area contributed by atoms with E-state index < -0.39 is 0 Å². The largest absolute Gasteiger partial charge is 0.364 e. The maximum Gasteiger partial charge on any atom is 0.166 e. The van der Waals surface area contributed by atoms with Gasteiger partial charge in [-0.1, -0.05) is 5.16 Å². The van der Waals surface area contributed by atoms with Crippen molar-refractivity contribution in [2.45, 2.75) is 19.9 Å². The molecule has 1 atom stereocenters. The van der Waals surface area contributed by atoms with Crippen LogP contribution in [0.2, 0.25) is 0 Å². The molecule has 0 aliphatic heterocycles. The summed E-state index contributed by atoms with van der Waals surface area (Å²) in [6.45, 7) is 4.79. The van der Waals surface area contributed by atoms with Crippen molar-refractivity contribution in [1.29, 1.82) is 0 Å². The Bertz CT molecular complexity index is 260. The molecule has 72 valence electrons. The normalized spacial score (nSPS) is 12.2. The van der Waals surface area contributed by atoms with Gasteiger partial charge in [0, 0.05) is 12.6 Å². The SMILES string of the molecule is CCNC(=S)NC(C)c1ccon1. The molecule has 4 nitrogen and oxygen atoms in total. The molecule has 1 unspecified atom stereocenters. The fourth-order valence-corrected chi connectivity index (χ4v) is 1.25. The summed E-state index contributed by atoms with van der Waals surface area (Å²) in [6.07, 6.45) is 1.55. The predicted octanol–water partition coefficient (Wildman–Crippen LogP) is 1.22. The van der Waals surface area contributed by atoms with E-state index >= 15 is 0 Å². The highest BCUT2D eigenvalue weighted by molar-refractivity contribution is 7.80. The molecule has 0 fully saturated rings. The molecular formula is C8H13N3OS. The van der Waals surface area contributed by atoms with E-state index in [1.54, 1.807) is 6.26 Å². The maximum absolute atomic E-state index is 5.02. The summed E-state index contributed by atoms with van der Waals surface area (Å²) in [5.74, 6) is 0. The van der Waals surface area contributed by atoms with E-state index in [0.29, 0.717) is 5.11 Å². The number of rotatable bonds is 3. The summed E-state index contributed by atoms with van der Waals surface area (Å²) in [7, 11) is 0. The zero-order valence-electron chi connectivity index (χ0n) is 7.70. The molecule has 1 rings (SSSR count). The second kappa shape index (κ2) is 4.81. The number of nitrogens with one attached hydrogen (secondary N) is 2. The molecule has 0 saturated carbocycles. The smallest absolute Gasteiger partial charge is 0.166 e. The van der Waals surface area contributed by atoms with Crippen molar-refractivity contribution in [3.8, 4) is 0 Å². The van der Waals surface area contributed by atoms with Gasteiger partial charge in [-0.05, 0) is 26.1 Å². The van der Waals surface area contributed by atoms with E-state index in [1.807, 2.05) is 19.9 Å². The van der Waals surface area contributed by atoms with Crippen molar-refractivity contribution in [2.75, 3.05) is 6.54 Å². The minimum absolute atomic E-state index is 0.0744. The van der Waals surface area contributed by atoms with Gasteiger partial charge < -0.3 is 15.2 Å². The zero-order valence-corrected chi connectivity index (χ0v) is 8.52. The lowest BCUT2D eigenvalue weighted by molar-refractivity contribution is 0.404. The first kappa shape index (κ1) is 9.98. The molecule has 0 saturated heterocycles. The number of hydrogen-bond donors (Lipinski definition) is 2. The Morgan fingerprint density at radius 3 is 3.08 bits per heavy atom. The third kappa shape index (κ3) is 3.02. The van der Waals surface area contributed by atoms with Gasteiger partial charge in [-0.3, -0.25) is 0 Å². The van der Waals surface area contributed by atoms with Crippen molar-refractivity contribution >= 4 is 17.3 Å². The second-order valence-electron chi connectivity index (χ2n) is 2.65. The summed E-state index contributed by atoms with van der Waals surface area (Å²) >= 11 is 5.02. The first-order valence-electron chi connectivity index (χ1n) is 4.18. The molecule has 0 amide bonds. The summed E-state index contributed by atoms with van der Waals surface area (Å²) in [6, 6.07) is 1.89. The lowest BCUT2D eigenvalue weighted by Crippen LogP contribution is -2.36. The Labute approximate surface area is 82.7 Å². The number of hydrogen-bond acceptors (Lipinski definition) is 3. The van der Waals surface area contributed by atoms with Gasteiger partial charge in [0.2, 0.25) is 0 Å². The van der Waals surface area contributed by atoms with Crippen LogP contribution >= 0.6 is 12.2 Å². The van der Waals surface area contributed by atoms with Crippen molar-refractivity contribution in [1.82, 2.24) is 15.8 Å². The molecule has 0 aliphatic rings. The summed E-state index contributed by atoms with van der Waals surface area (Å²) in [5.41, 5.74) is 0.847. The molecule has 2 N–H and O–H groups in total. The van der Waals surface area contributed by atoms with Gasteiger partial charge in [-0.15, -0.1) is 0 Å². The molecule has 13 heavy (non-hydrogen) atoms. The Morgan fingerprint density at radius 2 is 2.54 bits per heavy atom. The highest BCUT2D eigenvalue weighted by atomic mass is 32.1. The van der Waals surface area contributed by atoms with Crippen molar-refractivity contribution in [3.63, 3.8) is 0 Å². The van der Waals surface area contributed by atoms with Gasteiger partial charge in [0.05, 0.1) is 6.04 Å². The van der Waals surface area contributed by atoms with Gasteiger partial charge in [-0.2, -0.15) is 0 Å². The van der Waals surface area contributed by atoms with Crippen LogP contribution in [0.25, 0.3) is 0 Å². The zero-order chi connectivity index (χ0) is 9.68. The highest BCUT2D eigenvalue weighted by Crippen LogP contribution is 2.07. The van der Waals surface area contributed by atoms with Gasteiger partial charge in [0.1, 0.15) is 12.0 Å². The van der Waals surface area contributed by atoms with Crippen LogP contribution in [-0.4, -0.2) is 16.8 Å². The number of aromatic nitrogens is 1. The molecule has 0 aliphatic carbocycles. The van der Waals surface area contributed by atoms with Crippen LogP contribution in [-0.2, 0) is 0 Å². The van der Waals surface area contributed by atoms with Gasteiger partial charge in [0.15, 0.2) is 5.11 Å². The first-order valence-corrected chi connectivity index (χ1v) is 4.59. The van der Waals surface area contributed by atoms with Gasteiger partial charge in [0.25, 0.3) is 0 Å². The van der Waals surface area contributed by atoms with Crippen molar-refractivity contribution in [3.05, 3.63) is 18.0 Å². The van der Waals surface area contributed by atoms with E-state index in [2.05, 4.69) is 15.8 Å². The van der Waals surface area contributed by atoms with Crippen molar-refractivity contribution in [2.24, 2.45) is 0 Å². The lowest BCUT2D eigenvalue weighted by atomic mass is 10.2. The Balaban J connectivity index is 2.42. The maximum atomic E-state index is 5.02. The van der Waals surface area contributed by atoms with Crippen LogP contribution in [0.5, 0.6) is 0 Å². The van der Waals surface area contributed by atoms with Crippen molar-refractivity contribution < 1.29 is 4.52 Å². The molecule has 1 aromatic heterocycles. The summed E-state index contributed by atoms with van der Waals surface area (Å²) in [4.78, 5) is 0. The van der Waals surface area contributed by atoms with Crippen LogP contribution in [0.15, 0.2) is 16.9 Å². The van der Waals surface area contributed by atoms with Crippen LogP contribution in [0.3, 0.4) is 0 Å². The highest BCUT2D eigenvalue weighted by Gasteiger charge is 2.08. The molecular weight excluding hydrogens is 186 g/mol. The molecule has 0 radical (unpaired) electrons. The van der Waals surface area contributed by atoms with E-state index in [0.717, 1.165) is 12.2 Å². The standard InChI is InChI=1S/C8H13N3OS/c1-3-9-8(13)10-6(2)7-4-5-12-11-7/h4-6H,3H2,1-2H3,(H2,9,10,13). The molecule has 0 spiro atoms. The molecule has 0 bridgehead atoms. The average molecular weight is 199 g/mol. The molecule has 5 heteroatoms. The predicted molar refractivity (Wildman–Crippen MR) is 54.3 cm³/mol. The van der Waals surface area contributed by atoms with E-state index in [-0.39, 0.29) is 6.04 Å². The van der Waals surface area contributed by atoms with Crippen LogP contribution in [0.1, 0.15) is 25.6 Å². The number of thiocarbonyl (C=S) groups is 1.